The van der Waals surface area contributed by atoms with Gasteiger partial charge in [0.25, 0.3) is 0 Å². The molecule has 0 amide bonds. The summed E-state index contributed by atoms with van der Waals surface area (Å²) in [6.45, 7) is 3.33. The Bertz CT molecular complexity index is 1020. The van der Waals surface area contributed by atoms with Gasteiger partial charge in [-0.3, -0.25) is 0 Å². The smallest absolute Gasteiger partial charge is 0.119 e. The second-order valence-electron chi connectivity index (χ2n) is 7.48. The largest absolute Gasteiger partial charge is 0.491 e. The first kappa shape index (κ1) is 21.4. The Morgan fingerprint density at radius 1 is 0.903 bits per heavy atom. The molecule has 0 spiro atoms. The summed E-state index contributed by atoms with van der Waals surface area (Å²) in [6.07, 6.45) is 6.56. The molecule has 0 bridgehead atoms. The van der Waals surface area contributed by atoms with E-state index < -0.39 is 0 Å². The average Bonchev–Trinajstić information content (AvgIpc) is 3.12. The van der Waals surface area contributed by atoms with Gasteiger partial charge in [0, 0.05) is 29.6 Å². The highest BCUT2D eigenvalue weighted by Gasteiger charge is 2.18. The van der Waals surface area contributed by atoms with Crippen molar-refractivity contribution in [3.05, 3.63) is 59.8 Å². The van der Waals surface area contributed by atoms with Gasteiger partial charge in [-0.05, 0) is 66.9 Å². The van der Waals surface area contributed by atoms with E-state index in [1.807, 2.05) is 18.2 Å². The molecule has 0 unspecified atom stereocenters. The fourth-order valence-corrected chi connectivity index (χ4v) is 3.91. The molecule has 1 aromatic heterocycles. The summed E-state index contributed by atoms with van der Waals surface area (Å²) in [7, 11) is 1.66. The number of fused-ring (bicyclic) bond motifs is 3. The molecule has 1 aliphatic rings. The predicted octanol–water partition coefficient (Wildman–Crippen LogP) is 4.23. The Labute approximate surface area is 183 Å². The number of hydrogen-bond donors (Lipinski definition) is 1. The minimum atomic E-state index is 0.501. The van der Waals surface area contributed by atoms with Gasteiger partial charge in [0.05, 0.1) is 38.6 Å². The molecule has 0 aliphatic heterocycles. The molecule has 0 fully saturated rings. The number of aryl methyl sites for hydroxylation is 1. The second-order valence-corrected chi connectivity index (χ2v) is 7.48. The molecule has 31 heavy (non-hydrogen) atoms. The maximum absolute atomic E-state index is 6.06. The van der Waals surface area contributed by atoms with Crippen LogP contribution in [0.3, 0.4) is 0 Å². The molecule has 4 rings (SSSR count). The van der Waals surface area contributed by atoms with Gasteiger partial charge < -0.3 is 29.2 Å². The summed E-state index contributed by atoms with van der Waals surface area (Å²) in [5.41, 5.74) is 11.8. The van der Waals surface area contributed by atoms with Crippen molar-refractivity contribution < 1.29 is 18.9 Å². The van der Waals surface area contributed by atoms with Gasteiger partial charge in [-0.2, -0.15) is 0 Å². The molecule has 0 saturated heterocycles. The lowest BCUT2D eigenvalue weighted by Gasteiger charge is -2.13. The molecular formula is C25H30N2O4. The zero-order valence-corrected chi connectivity index (χ0v) is 18.0. The monoisotopic (exact) mass is 422 g/mol. The van der Waals surface area contributed by atoms with Crippen molar-refractivity contribution in [2.45, 2.75) is 12.8 Å². The Morgan fingerprint density at radius 2 is 1.65 bits per heavy atom. The van der Waals surface area contributed by atoms with Crippen LogP contribution < -0.4 is 10.5 Å². The van der Waals surface area contributed by atoms with Crippen LogP contribution in [0.25, 0.3) is 22.7 Å². The van der Waals surface area contributed by atoms with Crippen molar-refractivity contribution >= 4 is 22.7 Å². The number of aromatic nitrogens is 1. The SMILES string of the molecule is COCCOCCOCCOc1ccc(-n2c3c(c4cc(N)ccc42)CCC=C3)cc1. The molecule has 6 heteroatoms. The zero-order chi connectivity index (χ0) is 21.5. The van der Waals surface area contributed by atoms with Gasteiger partial charge in [-0.15, -0.1) is 0 Å². The molecule has 3 aromatic rings. The Kier molecular flexibility index (Phi) is 7.25. The normalized spacial score (nSPS) is 12.9. The van der Waals surface area contributed by atoms with Crippen molar-refractivity contribution in [3.8, 4) is 11.4 Å². The van der Waals surface area contributed by atoms with Crippen molar-refractivity contribution in [2.75, 3.05) is 52.5 Å². The lowest BCUT2D eigenvalue weighted by molar-refractivity contribution is 0.0180. The molecule has 1 heterocycles. The van der Waals surface area contributed by atoms with E-state index in [0.717, 1.165) is 30.0 Å². The third-order valence-electron chi connectivity index (χ3n) is 5.37. The molecule has 0 atom stereocenters. The van der Waals surface area contributed by atoms with Crippen LogP contribution in [-0.4, -0.2) is 51.3 Å². The average molecular weight is 423 g/mol. The van der Waals surface area contributed by atoms with Crippen LogP contribution in [0.15, 0.2) is 48.5 Å². The highest BCUT2D eigenvalue weighted by molar-refractivity contribution is 5.92. The number of rotatable bonds is 11. The van der Waals surface area contributed by atoms with Gasteiger partial charge in [0.1, 0.15) is 12.4 Å². The van der Waals surface area contributed by atoms with Gasteiger partial charge in [0.2, 0.25) is 0 Å². The predicted molar refractivity (Wildman–Crippen MR) is 124 cm³/mol. The minimum absolute atomic E-state index is 0.501. The van der Waals surface area contributed by atoms with Crippen LogP contribution >= 0.6 is 0 Å². The van der Waals surface area contributed by atoms with Crippen LogP contribution in [0, 0.1) is 0 Å². The number of anilines is 1. The molecular weight excluding hydrogens is 392 g/mol. The molecule has 0 saturated carbocycles. The van der Waals surface area contributed by atoms with E-state index in [4.69, 9.17) is 24.7 Å². The number of allylic oxidation sites excluding steroid dienone is 1. The summed E-state index contributed by atoms with van der Waals surface area (Å²) in [4.78, 5) is 0. The number of nitrogen functional groups attached to an aromatic ring is 1. The van der Waals surface area contributed by atoms with E-state index in [1.165, 1.54) is 22.2 Å². The first-order valence-corrected chi connectivity index (χ1v) is 10.7. The van der Waals surface area contributed by atoms with Crippen molar-refractivity contribution in [3.63, 3.8) is 0 Å². The third-order valence-corrected chi connectivity index (χ3v) is 5.37. The van der Waals surface area contributed by atoms with E-state index in [2.05, 4.69) is 41.0 Å². The second kappa shape index (κ2) is 10.5. The first-order chi connectivity index (χ1) is 15.3. The van der Waals surface area contributed by atoms with Gasteiger partial charge in [-0.25, -0.2) is 0 Å². The first-order valence-electron chi connectivity index (χ1n) is 10.7. The molecule has 0 radical (unpaired) electrons. The Balaban J connectivity index is 1.37. The number of benzene rings is 2. The highest BCUT2D eigenvalue weighted by atomic mass is 16.6. The van der Waals surface area contributed by atoms with Crippen LogP contribution in [-0.2, 0) is 20.6 Å². The quantitative estimate of drug-likeness (QED) is 0.370. The fourth-order valence-electron chi connectivity index (χ4n) is 3.91. The highest BCUT2D eigenvalue weighted by Crippen LogP contribution is 2.35. The van der Waals surface area contributed by atoms with Crippen LogP contribution in [0.4, 0.5) is 5.69 Å². The van der Waals surface area contributed by atoms with E-state index in [0.29, 0.717) is 39.6 Å². The van der Waals surface area contributed by atoms with Crippen LogP contribution in [0.2, 0.25) is 0 Å². The standard InChI is InChI=1S/C25H30N2O4/c1-28-12-13-29-14-15-30-16-17-31-21-9-7-20(8-10-21)27-24-5-3-2-4-22(24)23-18-19(26)6-11-25(23)27/h3,5-11,18H,2,4,12-17,26H2,1H3. The maximum Gasteiger partial charge on any atom is 0.119 e. The third kappa shape index (κ3) is 5.10. The van der Waals surface area contributed by atoms with Gasteiger partial charge in [0.15, 0.2) is 0 Å². The van der Waals surface area contributed by atoms with E-state index in [9.17, 15) is 0 Å². The van der Waals surface area contributed by atoms with Crippen molar-refractivity contribution in [2.24, 2.45) is 0 Å². The van der Waals surface area contributed by atoms with Gasteiger partial charge in [-0.1, -0.05) is 6.08 Å². The molecule has 2 aromatic carbocycles. The molecule has 164 valence electrons. The molecule has 1 aliphatic carbocycles. The minimum Gasteiger partial charge on any atom is -0.491 e. The number of methoxy groups -OCH3 is 1. The molecule has 6 nitrogen and oxygen atoms in total. The number of hydrogen-bond acceptors (Lipinski definition) is 5. The van der Waals surface area contributed by atoms with E-state index in [-0.39, 0.29) is 0 Å². The Hall–Kier alpha value is -2.80. The summed E-state index contributed by atoms with van der Waals surface area (Å²) < 4.78 is 23.9. The van der Waals surface area contributed by atoms with E-state index >= 15 is 0 Å². The van der Waals surface area contributed by atoms with Crippen LogP contribution in [0.5, 0.6) is 5.75 Å². The Morgan fingerprint density at radius 3 is 2.42 bits per heavy atom. The number of nitrogens with zero attached hydrogens (tertiary/aromatic N) is 1. The summed E-state index contributed by atoms with van der Waals surface area (Å²) in [6, 6.07) is 14.4. The van der Waals surface area contributed by atoms with Crippen molar-refractivity contribution in [1.82, 2.24) is 4.57 Å². The summed E-state index contributed by atoms with van der Waals surface area (Å²) >= 11 is 0. The lowest BCUT2D eigenvalue weighted by Crippen LogP contribution is -2.12. The number of ether oxygens (including phenoxy) is 4. The van der Waals surface area contributed by atoms with Gasteiger partial charge >= 0.3 is 0 Å². The summed E-state index contributed by atoms with van der Waals surface area (Å²) in [5, 5.41) is 1.24. The zero-order valence-electron chi connectivity index (χ0n) is 18.0. The van der Waals surface area contributed by atoms with E-state index in [1.54, 1.807) is 7.11 Å². The lowest BCUT2D eigenvalue weighted by atomic mass is 10.0. The molecule has 2 N–H and O–H groups in total. The summed E-state index contributed by atoms with van der Waals surface area (Å²) in [5.74, 6) is 0.828. The number of nitrogens with two attached hydrogens (primary N) is 1. The maximum atomic E-state index is 6.06. The van der Waals surface area contributed by atoms with Crippen LogP contribution in [0.1, 0.15) is 17.7 Å². The fraction of sp³-hybridized carbons (Fsp3) is 0.360. The topological polar surface area (TPSA) is 67.9 Å². The van der Waals surface area contributed by atoms with Crippen molar-refractivity contribution in [1.29, 1.82) is 0 Å².